The van der Waals surface area contributed by atoms with Crippen molar-refractivity contribution in [1.29, 1.82) is 5.26 Å². The van der Waals surface area contributed by atoms with Gasteiger partial charge in [0.15, 0.2) is 12.2 Å². The molecule has 1 aromatic rings. The van der Waals surface area contributed by atoms with Crippen molar-refractivity contribution in [1.82, 2.24) is 0 Å². The van der Waals surface area contributed by atoms with Crippen molar-refractivity contribution in [3.8, 4) is 6.07 Å². The van der Waals surface area contributed by atoms with Crippen LogP contribution in [0.5, 0.6) is 0 Å². The SMILES string of the molecule is COC(=O)C(C#N)C(CC(OC)OC)c1ccccc1. The first kappa shape index (κ1) is 16.2. The van der Waals surface area contributed by atoms with Gasteiger partial charge >= 0.3 is 5.97 Å². The molecule has 0 saturated heterocycles. The van der Waals surface area contributed by atoms with Gasteiger partial charge in [0, 0.05) is 26.6 Å². The number of hydrogen-bond acceptors (Lipinski definition) is 5. The maximum Gasteiger partial charge on any atom is 0.323 e. The molecule has 0 radical (unpaired) electrons. The lowest BCUT2D eigenvalue weighted by molar-refractivity contribution is -0.146. The quantitative estimate of drug-likeness (QED) is 0.564. The zero-order valence-corrected chi connectivity index (χ0v) is 11.9. The van der Waals surface area contributed by atoms with Crippen molar-refractivity contribution in [3.63, 3.8) is 0 Å². The van der Waals surface area contributed by atoms with Gasteiger partial charge in [0.1, 0.15) is 0 Å². The van der Waals surface area contributed by atoms with Crippen molar-refractivity contribution < 1.29 is 19.0 Å². The highest BCUT2D eigenvalue weighted by Crippen LogP contribution is 2.31. The van der Waals surface area contributed by atoms with Crippen LogP contribution in [0.25, 0.3) is 0 Å². The Balaban J connectivity index is 3.07. The molecule has 1 aromatic carbocycles. The molecule has 0 aromatic heterocycles. The van der Waals surface area contributed by atoms with Gasteiger partial charge in [0.05, 0.1) is 13.2 Å². The van der Waals surface area contributed by atoms with Crippen LogP contribution in [0.15, 0.2) is 30.3 Å². The van der Waals surface area contributed by atoms with Gasteiger partial charge in [-0.2, -0.15) is 5.26 Å². The number of nitriles is 1. The summed E-state index contributed by atoms with van der Waals surface area (Å²) in [6.07, 6.45) is -0.0923. The van der Waals surface area contributed by atoms with Gasteiger partial charge in [-0.05, 0) is 5.56 Å². The molecule has 0 heterocycles. The largest absolute Gasteiger partial charge is 0.468 e. The number of nitrogens with zero attached hydrogens (tertiary/aromatic N) is 1. The molecular formula is C15H19NO4. The highest BCUT2D eigenvalue weighted by molar-refractivity contribution is 5.76. The lowest BCUT2D eigenvalue weighted by Crippen LogP contribution is -2.27. The summed E-state index contributed by atoms with van der Waals surface area (Å²) in [7, 11) is 4.32. The predicted octanol–water partition coefficient (Wildman–Crippen LogP) is 2.09. The van der Waals surface area contributed by atoms with E-state index in [1.807, 2.05) is 36.4 Å². The molecule has 0 N–H and O–H groups in total. The Hall–Kier alpha value is -1.90. The predicted molar refractivity (Wildman–Crippen MR) is 72.7 cm³/mol. The summed E-state index contributed by atoms with van der Waals surface area (Å²) in [6.45, 7) is 0. The summed E-state index contributed by atoms with van der Waals surface area (Å²) in [6, 6.07) is 11.4. The van der Waals surface area contributed by atoms with E-state index in [0.29, 0.717) is 6.42 Å². The molecule has 2 unspecified atom stereocenters. The summed E-state index contributed by atoms with van der Waals surface area (Å²) >= 11 is 0. The van der Waals surface area contributed by atoms with Gasteiger partial charge < -0.3 is 14.2 Å². The van der Waals surface area contributed by atoms with E-state index in [1.54, 1.807) is 0 Å². The number of carbonyl (C=O) groups is 1. The molecule has 0 fully saturated rings. The van der Waals surface area contributed by atoms with Gasteiger partial charge in [-0.1, -0.05) is 30.3 Å². The third-order valence-electron chi connectivity index (χ3n) is 3.20. The second-order valence-electron chi connectivity index (χ2n) is 4.28. The number of esters is 1. The summed E-state index contributed by atoms with van der Waals surface area (Å²) in [5, 5.41) is 9.29. The molecule has 5 heteroatoms. The number of ether oxygens (including phenoxy) is 3. The molecule has 0 amide bonds. The maximum absolute atomic E-state index is 11.8. The number of rotatable bonds is 7. The van der Waals surface area contributed by atoms with Crippen LogP contribution >= 0.6 is 0 Å². The molecule has 0 aliphatic rings. The molecular weight excluding hydrogens is 258 g/mol. The topological polar surface area (TPSA) is 68.6 Å². The van der Waals surface area contributed by atoms with E-state index >= 15 is 0 Å². The van der Waals surface area contributed by atoms with Gasteiger partial charge in [-0.3, -0.25) is 4.79 Å². The lowest BCUT2D eigenvalue weighted by atomic mass is 9.84. The van der Waals surface area contributed by atoms with E-state index in [9.17, 15) is 10.1 Å². The zero-order chi connectivity index (χ0) is 15.0. The molecule has 0 aliphatic heterocycles. The first-order chi connectivity index (χ1) is 9.67. The third-order valence-corrected chi connectivity index (χ3v) is 3.20. The average Bonchev–Trinajstić information content (AvgIpc) is 2.51. The molecule has 0 aliphatic carbocycles. The smallest absolute Gasteiger partial charge is 0.323 e. The molecule has 2 atom stereocenters. The monoisotopic (exact) mass is 277 g/mol. The number of carbonyl (C=O) groups excluding carboxylic acids is 1. The minimum absolute atomic E-state index is 0.349. The Morgan fingerprint density at radius 3 is 2.25 bits per heavy atom. The van der Waals surface area contributed by atoms with Crippen LogP contribution in [0.4, 0.5) is 0 Å². The molecule has 0 spiro atoms. The second-order valence-corrected chi connectivity index (χ2v) is 4.28. The Labute approximate surface area is 119 Å². The first-order valence-electron chi connectivity index (χ1n) is 6.25. The van der Waals surface area contributed by atoms with Crippen LogP contribution in [0.1, 0.15) is 17.9 Å². The summed E-state index contributed by atoms with van der Waals surface area (Å²) < 4.78 is 15.1. The van der Waals surface area contributed by atoms with Gasteiger partial charge in [-0.15, -0.1) is 0 Å². The Bertz CT molecular complexity index is 451. The number of hydrogen-bond donors (Lipinski definition) is 0. The third kappa shape index (κ3) is 4.05. The normalized spacial score (nSPS) is 13.6. The average molecular weight is 277 g/mol. The lowest BCUT2D eigenvalue weighted by Gasteiger charge is -2.24. The molecule has 1 rings (SSSR count). The minimum atomic E-state index is -0.893. The standard InChI is InChI=1S/C15H19NO4/c1-18-14(19-2)9-12(11-7-5-4-6-8-11)13(10-16)15(17)20-3/h4-8,12-14H,9H2,1-3H3. The van der Waals surface area contributed by atoms with E-state index < -0.39 is 18.2 Å². The van der Waals surface area contributed by atoms with Crippen LogP contribution in [-0.4, -0.2) is 33.6 Å². The highest BCUT2D eigenvalue weighted by atomic mass is 16.7. The highest BCUT2D eigenvalue weighted by Gasteiger charge is 2.32. The van der Waals surface area contributed by atoms with Crippen LogP contribution in [0.3, 0.4) is 0 Å². The maximum atomic E-state index is 11.8. The summed E-state index contributed by atoms with van der Waals surface area (Å²) in [4.78, 5) is 11.8. The molecule has 5 nitrogen and oxygen atoms in total. The van der Waals surface area contributed by atoms with Crippen LogP contribution in [0, 0.1) is 17.2 Å². The van der Waals surface area contributed by atoms with E-state index in [0.717, 1.165) is 5.56 Å². The fourth-order valence-electron chi connectivity index (χ4n) is 2.09. The zero-order valence-electron chi connectivity index (χ0n) is 11.9. The Morgan fingerprint density at radius 1 is 1.20 bits per heavy atom. The summed E-state index contributed by atoms with van der Waals surface area (Å²) in [5.41, 5.74) is 0.878. The first-order valence-corrected chi connectivity index (χ1v) is 6.25. The fourth-order valence-corrected chi connectivity index (χ4v) is 2.09. The van der Waals surface area contributed by atoms with Crippen molar-refractivity contribution in [3.05, 3.63) is 35.9 Å². The number of methoxy groups -OCH3 is 3. The van der Waals surface area contributed by atoms with E-state index in [2.05, 4.69) is 0 Å². The van der Waals surface area contributed by atoms with Gasteiger partial charge in [0.2, 0.25) is 0 Å². The van der Waals surface area contributed by atoms with Crippen LogP contribution < -0.4 is 0 Å². The second kappa shape index (κ2) is 8.31. The fraction of sp³-hybridized carbons (Fsp3) is 0.467. The molecule has 0 saturated carbocycles. The van der Waals surface area contributed by atoms with Gasteiger partial charge in [0.25, 0.3) is 0 Å². The van der Waals surface area contributed by atoms with E-state index in [1.165, 1.54) is 21.3 Å². The van der Waals surface area contributed by atoms with E-state index in [4.69, 9.17) is 14.2 Å². The number of benzene rings is 1. The van der Waals surface area contributed by atoms with E-state index in [-0.39, 0.29) is 5.92 Å². The molecule has 20 heavy (non-hydrogen) atoms. The minimum Gasteiger partial charge on any atom is -0.468 e. The molecule has 0 bridgehead atoms. The van der Waals surface area contributed by atoms with Crippen LogP contribution in [0.2, 0.25) is 0 Å². The van der Waals surface area contributed by atoms with Gasteiger partial charge in [-0.25, -0.2) is 0 Å². The van der Waals surface area contributed by atoms with Crippen LogP contribution in [-0.2, 0) is 19.0 Å². The Morgan fingerprint density at radius 2 is 1.80 bits per heavy atom. The Kier molecular flexibility index (Phi) is 6.71. The van der Waals surface area contributed by atoms with Crippen molar-refractivity contribution in [2.75, 3.05) is 21.3 Å². The summed E-state index contributed by atoms with van der Waals surface area (Å²) in [5.74, 6) is -1.79. The molecule has 108 valence electrons. The van der Waals surface area contributed by atoms with Crippen molar-refractivity contribution in [2.24, 2.45) is 5.92 Å². The van der Waals surface area contributed by atoms with Crippen molar-refractivity contribution >= 4 is 5.97 Å². The van der Waals surface area contributed by atoms with Crippen molar-refractivity contribution in [2.45, 2.75) is 18.6 Å².